The van der Waals surface area contributed by atoms with Crippen LogP contribution in [-0.2, 0) is 5.92 Å². The largest absolute Gasteiger partial charge is 0.396 e. The van der Waals surface area contributed by atoms with E-state index in [2.05, 4.69) is 4.98 Å². The Morgan fingerprint density at radius 2 is 2.00 bits per heavy atom. The molecule has 16 heavy (non-hydrogen) atoms. The number of hydrogen-bond acceptors (Lipinski definition) is 2. The van der Waals surface area contributed by atoms with Crippen molar-refractivity contribution in [2.24, 2.45) is 0 Å². The Hall–Kier alpha value is -1.55. The number of aromatic nitrogens is 1. The van der Waals surface area contributed by atoms with Crippen molar-refractivity contribution >= 4 is 10.9 Å². The normalized spacial score (nSPS) is 11.9. The molecule has 0 aliphatic carbocycles. The number of benzene rings is 1. The van der Waals surface area contributed by atoms with E-state index in [0.717, 1.165) is 6.20 Å². The summed E-state index contributed by atoms with van der Waals surface area (Å²) in [5, 5.41) is 9.25. The fourth-order valence-electron chi connectivity index (χ4n) is 1.56. The average molecular weight is 223 g/mol. The topological polar surface area (TPSA) is 33.1 Å². The molecule has 0 aliphatic heterocycles. The molecule has 0 bridgehead atoms. The third-order valence-electron chi connectivity index (χ3n) is 2.44. The second-order valence-electron chi connectivity index (χ2n) is 3.59. The third-order valence-corrected chi connectivity index (χ3v) is 2.44. The highest BCUT2D eigenvalue weighted by Gasteiger charge is 2.31. The Bertz CT molecular complexity index is 499. The zero-order chi connectivity index (χ0) is 11.6. The quantitative estimate of drug-likeness (QED) is 0.867. The van der Waals surface area contributed by atoms with Gasteiger partial charge in [-0.1, -0.05) is 18.2 Å². The Kier molecular flexibility index (Phi) is 2.83. The number of aliphatic hydroxyl groups excluding tert-OH is 1. The van der Waals surface area contributed by atoms with Gasteiger partial charge < -0.3 is 5.11 Å². The van der Waals surface area contributed by atoms with Crippen LogP contribution < -0.4 is 0 Å². The van der Waals surface area contributed by atoms with Crippen LogP contribution in [-0.4, -0.2) is 16.7 Å². The van der Waals surface area contributed by atoms with E-state index >= 15 is 0 Å². The van der Waals surface area contributed by atoms with E-state index in [1.54, 1.807) is 24.3 Å². The number of rotatable bonds is 3. The first-order valence-corrected chi connectivity index (χ1v) is 4.97. The lowest BCUT2D eigenvalue weighted by Gasteiger charge is -2.15. The molecule has 1 heterocycles. The molecule has 0 unspecified atom stereocenters. The lowest BCUT2D eigenvalue weighted by Crippen LogP contribution is -2.15. The number of aliphatic hydroxyl groups is 1. The summed E-state index contributed by atoms with van der Waals surface area (Å²) in [7, 11) is 0. The van der Waals surface area contributed by atoms with Gasteiger partial charge in [-0.15, -0.1) is 0 Å². The number of halogens is 2. The monoisotopic (exact) mass is 223 g/mol. The molecule has 0 fully saturated rings. The van der Waals surface area contributed by atoms with Gasteiger partial charge in [0.25, 0.3) is 5.92 Å². The van der Waals surface area contributed by atoms with Crippen LogP contribution >= 0.6 is 0 Å². The average Bonchev–Trinajstić information content (AvgIpc) is 2.28. The summed E-state index contributed by atoms with van der Waals surface area (Å²) < 4.78 is 27.0. The van der Waals surface area contributed by atoms with Gasteiger partial charge in [0.1, 0.15) is 0 Å². The maximum absolute atomic E-state index is 13.5. The number of para-hydroxylation sites is 1. The Morgan fingerprint density at radius 3 is 2.75 bits per heavy atom. The van der Waals surface area contributed by atoms with Crippen molar-refractivity contribution in [2.45, 2.75) is 12.3 Å². The molecule has 2 nitrogen and oxygen atoms in total. The first kappa shape index (κ1) is 11.0. The van der Waals surface area contributed by atoms with E-state index in [-0.39, 0.29) is 5.56 Å². The molecule has 84 valence electrons. The van der Waals surface area contributed by atoms with Gasteiger partial charge in [0, 0.05) is 30.2 Å². The number of nitrogens with zero attached hydrogens (tertiary/aromatic N) is 1. The SMILES string of the molecule is OCCC(F)(F)c1cnc2ccccc2c1. The molecule has 4 heteroatoms. The van der Waals surface area contributed by atoms with Crippen molar-refractivity contribution in [1.29, 1.82) is 0 Å². The van der Waals surface area contributed by atoms with Crippen molar-refractivity contribution in [3.05, 3.63) is 42.1 Å². The van der Waals surface area contributed by atoms with E-state index in [0.29, 0.717) is 10.9 Å². The van der Waals surface area contributed by atoms with Crippen LogP contribution in [0.15, 0.2) is 36.5 Å². The first-order chi connectivity index (χ1) is 7.63. The molecule has 0 saturated heterocycles. The van der Waals surface area contributed by atoms with E-state index < -0.39 is 19.0 Å². The van der Waals surface area contributed by atoms with Crippen molar-refractivity contribution in [2.75, 3.05) is 6.61 Å². The first-order valence-electron chi connectivity index (χ1n) is 4.97. The van der Waals surface area contributed by atoms with Crippen LogP contribution in [0.5, 0.6) is 0 Å². The Balaban J connectivity index is 2.46. The van der Waals surface area contributed by atoms with Crippen LogP contribution in [0.3, 0.4) is 0 Å². The lowest BCUT2D eigenvalue weighted by atomic mass is 10.1. The molecule has 0 aliphatic rings. The summed E-state index contributed by atoms with van der Waals surface area (Å²) in [6.45, 7) is -0.542. The molecule has 0 radical (unpaired) electrons. The number of hydrogen-bond donors (Lipinski definition) is 1. The summed E-state index contributed by atoms with van der Waals surface area (Å²) >= 11 is 0. The van der Waals surface area contributed by atoms with Crippen LogP contribution in [0.25, 0.3) is 10.9 Å². The molecule has 1 aromatic heterocycles. The van der Waals surface area contributed by atoms with Crippen molar-refractivity contribution < 1.29 is 13.9 Å². The van der Waals surface area contributed by atoms with Crippen LogP contribution in [0.4, 0.5) is 8.78 Å². The van der Waals surface area contributed by atoms with E-state index in [1.807, 2.05) is 0 Å². The number of fused-ring (bicyclic) bond motifs is 1. The van der Waals surface area contributed by atoms with Gasteiger partial charge in [-0.2, -0.15) is 0 Å². The molecular formula is C12H11F2NO. The Labute approximate surface area is 91.6 Å². The maximum Gasteiger partial charge on any atom is 0.276 e. The molecule has 0 amide bonds. The van der Waals surface area contributed by atoms with E-state index in [1.165, 1.54) is 6.07 Å². The van der Waals surface area contributed by atoms with Gasteiger partial charge in [0.05, 0.1) is 5.52 Å². The van der Waals surface area contributed by atoms with Gasteiger partial charge in [0.15, 0.2) is 0 Å². The van der Waals surface area contributed by atoms with Crippen molar-refractivity contribution in [1.82, 2.24) is 4.98 Å². The number of pyridine rings is 1. The lowest BCUT2D eigenvalue weighted by molar-refractivity contribution is -0.0271. The van der Waals surface area contributed by atoms with Gasteiger partial charge in [0.2, 0.25) is 0 Å². The highest BCUT2D eigenvalue weighted by molar-refractivity contribution is 5.78. The van der Waals surface area contributed by atoms with Crippen LogP contribution in [0, 0.1) is 0 Å². The molecular weight excluding hydrogens is 212 g/mol. The molecule has 1 aromatic carbocycles. The third kappa shape index (κ3) is 2.02. The molecule has 1 N–H and O–H groups in total. The zero-order valence-corrected chi connectivity index (χ0v) is 8.53. The minimum absolute atomic E-state index is 0.153. The second-order valence-corrected chi connectivity index (χ2v) is 3.59. The van der Waals surface area contributed by atoms with E-state index in [4.69, 9.17) is 5.11 Å². The minimum Gasteiger partial charge on any atom is -0.396 e. The van der Waals surface area contributed by atoms with Gasteiger partial charge in [-0.05, 0) is 12.1 Å². The fraction of sp³-hybridized carbons (Fsp3) is 0.250. The molecule has 0 spiro atoms. The minimum atomic E-state index is -3.02. The van der Waals surface area contributed by atoms with Gasteiger partial charge in [-0.25, -0.2) is 8.78 Å². The molecule has 0 saturated carbocycles. The Morgan fingerprint density at radius 1 is 1.25 bits per heavy atom. The molecule has 2 aromatic rings. The fourth-order valence-corrected chi connectivity index (χ4v) is 1.56. The molecule has 2 rings (SSSR count). The van der Waals surface area contributed by atoms with E-state index in [9.17, 15) is 8.78 Å². The standard InChI is InChI=1S/C12H11F2NO/c13-12(14,5-6-16)10-7-9-3-1-2-4-11(9)15-8-10/h1-4,7-8,16H,5-6H2. The summed E-state index contributed by atoms with van der Waals surface area (Å²) in [5.74, 6) is -3.02. The summed E-state index contributed by atoms with van der Waals surface area (Å²) in [6, 6.07) is 8.50. The highest BCUT2D eigenvalue weighted by Crippen LogP contribution is 2.32. The highest BCUT2D eigenvalue weighted by atomic mass is 19.3. The smallest absolute Gasteiger partial charge is 0.276 e. The second kappa shape index (κ2) is 4.14. The summed E-state index contributed by atoms with van der Waals surface area (Å²) in [4.78, 5) is 3.97. The van der Waals surface area contributed by atoms with Crippen LogP contribution in [0.1, 0.15) is 12.0 Å². The van der Waals surface area contributed by atoms with Crippen LogP contribution in [0.2, 0.25) is 0 Å². The summed E-state index contributed by atoms with van der Waals surface area (Å²) in [5.41, 5.74) is 0.534. The summed E-state index contributed by atoms with van der Waals surface area (Å²) in [6.07, 6.45) is 0.588. The zero-order valence-electron chi connectivity index (χ0n) is 8.53. The van der Waals surface area contributed by atoms with Crippen molar-refractivity contribution in [3.8, 4) is 0 Å². The number of alkyl halides is 2. The van der Waals surface area contributed by atoms with Gasteiger partial charge >= 0.3 is 0 Å². The molecule has 0 atom stereocenters. The predicted molar refractivity (Wildman–Crippen MR) is 57.3 cm³/mol. The van der Waals surface area contributed by atoms with Gasteiger partial charge in [-0.3, -0.25) is 4.98 Å². The van der Waals surface area contributed by atoms with Crippen molar-refractivity contribution in [3.63, 3.8) is 0 Å². The maximum atomic E-state index is 13.5. The predicted octanol–water partition coefficient (Wildman–Crippen LogP) is 2.71.